The summed E-state index contributed by atoms with van der Waals surface area (Å²) in [7, 11) is 0. The highest BCUT2D eigenvalue weighted by atomic mass is 16.7. The molecule has 0 N–H and O–H groups in total. The van der Waals surface area contributed by atoms with Gasteiger partial charge in [-0.1, -0.05) is 0 Å². The molecule has 0 saturated heterocycles. The third-order valence-electron chi connectivity index (χ3n) is 11.3. The molecule has 105 heavy (non-hydrogen) atoms. The Hall–Kier alpha value is -14.2. The molecule has 6 rings (SSSR count). The van der Waals surface area contributed by atoms with Gasteiger partial charge in [-0.3, -0.25) is 76.7 Å². The first-order chi connectivity index (χ1) is 49.1. The van der Waals surface area contributed by atoms with Crippen LogP contribution in [0.15, 0.2) is 60.7 Å². The van der Waals surface area contributed by atoms with Gasteiger partial charge >= 0.3 is 95.5 Å². The van der Waals surface area contributed by atoms with Gasteiger partial charge in [0.15, 0.2) is 69.0 Å². The SMILES string of the molecule is CC(=O)Oc1cc(OC(C)=O)c(Oc2c(Oc3cc(OC(C)=O)c(Oc4cc(OC(C)=O)c(OC(C)=O)c(OC(C)=O)c4Oc4cc(OC(C)=O)c(Oc5cc(OC(C)=O)c(OC(C)=O)c(OC(C)=O)c5)c(OC(C)=O)c4)c(OC(C)=O)c3)cc(OC(C)=O)c(OC(C)=O)c2OC(C)=O)c(OC(C)=O)c1. The maximum absolute atomic E-state index is 13.3. The van der Waals surface area contributed by atoms with E-state index < -0.39 is 245 Å². The van der Waals surface area contributed by atoms with Gasteiger partial charge in [0, 0.05) is 171 Å². The van der Waals surface area contributed by atoms with Crippen molar-refractivity contribution in [2.45, 2.75) is 111 Å². The minimum Gasteiger partial charge on any atom is -0.453 e. The first-order valence-corrected chi connectivity index (χ1v) is 29.6. The predicted octanol–water partition coefficient (Wildman–Crippen LogP) is 9.45. The minimum absolute atomic E-state index is 0.421. The molecular formula is C68H58O37. The van der Waals surface area contributed by atoms with Crippen molar-refractivity contribution in [2.24, 2.45) is 0 Å². The maximum Gasteiger partial charge on any atom is 0.308 e. The molecule has 0 bridgehead atoms. The molecule has 0 amide bonds. The summed E-state index contributed by atoms with van der Waals surface area (Å²) >= 11 is 0. The van der Waals surface area contributed by atoms with Gasteiger partial charge < -0.3 is 99.5 Å². The van der Waals surface area contributed by atoms with E-state index in [2.05, 4.69) is 0 Å². The van der Waals surface area contributed by atoms with Gasteiger partial charge in [-0.15, -0.1) is 0 Å². The molecular weight excluding hydrogens is 1410 g/mol. The average molecular weight is 1470 g/mol. The van der Waals surface area contributed by atoms with Crippen LogP contribution >= 0.6 is 0 Å². The molecule has 6 aromatic carbocycles. The average Bonchev–Trinajstić information content (AvgIpc) is 0.769. The lowest BCUT2D eigenvalue weighted by atomic mass is 10.2. The highest BCUT2D eigenvalue weighted by Gasteiger charge is 2.36. The fourth-order valence-corrected chi connectivity index (χ4v) is 8.49. The Bertz CT molecular complexity index is 4500. The number of esters is 16. The summed E-state index contributed by atoms with van der Waals surface area (Å²) in [6.45, 7) is 14.3. The molecule has 552 valence electrons. The highest BCUT2D eigenvalue weighted by molar-refractivity contribution is 5.87. The Kier molecular flexibility index (Phi) is 26.4. The van der Waals surface area contributed by atoms with Crippen LogP contribution in [0.3, 0.4) is 0 Å². The van der Waals surface area contributed by atoms with Gasteiger partial charge in [-0.2, -0.15) is 0 Å². The van der Waals surface area contributed by atoms with Crippen LogP contribution in [0.4, 0.5) is 0 Å². The molecule has 0 radical (unpaired) electrons. The van der Waals surface area contributed by atoms with Crippen molar-refractivity contribution in [1.82, 2.24) is 0 Å². The molecule has 37 nitrogen and oxygen atoms in total. The van der Waals surface area contributed by atoms with E-state index >= 15 is 0 Å². The Balaban J connectivity index is 1.74. The lowest BCUT2D eigenvalue weighted by molar-refractivity contribution is -0.135. The van der Waals surface area contributed by atoms with Crippen molar-refractivity contribution >= 4 is 95.5 Å². The Labute approximate surface area is 590 Å². The molecule has 37 heteroatoms. The third kappa shape index (κ3) is 22.9. The smallest absolute Gasteiger partial charge is 0.308 e. The second kappa shape index (κ2) is 34.8. The molecule has 6 aromatic rings. The quantitative estimate of drug-likeness (QED) is 0.0360. The standard InChI is InChI=1S/C68H58O37/c1-27(69)85-43-17-53(92-34(8)76)62(54(18-43)93-35(9)77)105-66-57(25-55(94-36(10)78)64(98-40(14)82)68(66)100-42(16)84)101-44-19-51(90-32(6)74)61(52(20-44)91-33(7)75)104-58-26-56(95-37(11)79)63(97-39(13)81)67(99-41(15)83)65(58)103-46-23-49(88-30(4)72)60(50(24-46)89-31(5)73)102-45-21-47(86-28(2)70)59(96-38(12)80)48(22-45)87-29(3)71/h17-26H,1-16H3. The van der Waals surface area contributed by atoms with Gasteiger partial charge in [0.2, 0.25) is 57.5 Å². The van der Waals surface area contributed by atoms with Crippen LogP contribution in [0.25, 0.3) is 0 Å². The van der Waals surface area contributed by atoms with Gasteiger partial charge in [0.25, 0.3) is 0 Å². The largest absolute Gasteiger partial charge is 0.453 e. The topological polar surface area (TPSA) is 467 Å². The fraction of sp³-hybridized carbons (Fsp3) is 0.235. The van der Waals surface area contributed by atoms with Gasteiger partial charge in [0.1, 0.15) is 23.0 Å². The van der Waals surface area contributed by atoms with Crippen molar-refractivity contribution in [2.75, 3.05) is 0 Å². The Morgan fingerprint density at radius 3 is 0.600 bits per heavy atom. The lowest BCUT2D eigenvalue weighted by Crippen LogP contribution is -2.13. The van der Waals surface area contributed by atoms with Crippen molar-refractivity contribution in [1.29, 1.82) is 0 Å². The summed E-state index contributed by atoms with van der Waals surface area (Å²) in [6, 6.07) is 8.43. The summed E-state index contributed by atoms with van der Waals surface area (Å²) < 4.78 is 118. The van der Waals surface area contributed by atoms with Crippen LogP contribution in [-0.4, -0.2) is 95.5 Å². The van der Waals surface area contributed by atoms with E-state index in [4.69, 9.17) is 99.5 Å². The monoisotopic (exact) mass is 1470 g/mol. The Morgan fingerprint density at radius 1 is 0.143 bits per heavy atom. The normalized spacial score (nSPS) is 10.3. The number of ether oxygens (including phenoxy) is 21. The van der Waals surface area contributed by atoms with Crippen molar-refractivity contribution < 1.29 is 176 Å². The van der Waals surface area contributed by atoms with E-state index in [9.17, 15) is 76.7 Å². The summed E-state index contributed by atoms with van der Waals surface area (Å²) in [5.74, 6) is -38.2. The molecule has 0 saturated carbocycles. The van der Waals surface area contributed by atoms with Crippen LogP contribution in [0, 0.1) is 0 Å². The van der Waals surface area contributed by atoms with Crippen molar-refractivity contribution in [3.05, 3.63) is 60.7 Å². The molecule has 0 aliphatic rings. The minimum atomic E-state index is -1.25. The lowest BCUT2D eigenvalue weighted by Gasteiger charge is -2.23. The van der Waals surface area contributed by atoms with Crippen LogP contribution in [0.1, 0.15) is 111 Å². The highest BCUT2D eigenvalue weighted by Crippen LogP contribution is 2.60. The van der Waals surface area contributed by atoms with Gasteiger partial charge in [0.05, 0.1) is 0 Å². The summed E-state index contributed by atoms with van der Waals surface area (Å²) in [6.07, 6.45) is 0. The van der Waals surface area contributed by atoms with Gasteiger partial charge in [-0.25, -0.2) is 0 Å². The van der Waals surface area contributed by atoms with Crippen molar-refractivity contribution in [3.63, 3.8) is 0 Å². The summed E-state index contributed by atoms with van der Waals surface area (Å²) in [5.41, 5.74) is 0. The van der Waals surface area contributed by atoms with Crippen LogP contribution in [0.5, 0.6) is 149 Å². The zero-order valence-electron chi connectivity index (χ0n) is 57.9. The number of benzene rings is 6. The number of carbonyl (C=O) groups excluding carboxylic acids is 16. The Morgan fingerprint density at radius 2 is 0.324 bits per heavy atom. The first kappa shape index (κ1) is 79.8. The second-order valence-electron chi connectivity index (χ2n) is 20.7. The van der Waals surface area contributed by atoms with E-state index in [0.29, 0.717) is 0 Å². The van der Waals surface area contributed by atoms with Crippen LogP contribution < -0.4 is 99.5 Å². The van der Waals surface area contributed by atoms with E-state index in [1.54, 1.807) is 0 Å². The van der Waals surface area contributed by atoms with Gasteiger partial charge in [-0.05, 0) is 0 Å². The second-order valence-corrected chi connectivity index (χ2v) is 20.7. The van der Waals surface area contributed by atoms with E-state index in [0.717, 1.165) is 171 Å². The number of hydrogen-bond acceptors (Lipinski definition) is 37. The molecule has 0 atom stereocenters. The van der Waals surface area contributed by atoms with E-state index in [1.165, 1.54) is 0 Å². The summed E-state index contributed by atoms with van der Waals surface area (Å²) in [4.78, 5) is 205. The van der Waals surface area contributed by atoms with Crippen LogP contribution in [0.2, 0.25) is 0 Å². The molecule has 0 spiro atoms. The fourth-order valence-electron chi connectivity index (χ4n) is 8.49. The zero-order valence-corrected chi connectivity index (χ0v) is 57.9. The number of hydrogen-bond donors (Lipinski definition) is 0. The molecule has 0 aliphatic carbocycles. The molecule has 0 aliphatic heterocycles. The van der Waals surface area contributed by atoms with E-state index in [-0.39, 0.29) is 0 Å². The zero-order chi connectivity index (χ0) is 78.2. The first-order valence-electron chi connectivity index (χ1n) is 29.6. The van der Waals surface area contributed by atoms with Crippen molar-refractivity contribution in [3.8, 4) is 149 Å². The predicted molar refractivity (Wildman–Crippen MR) is 340 cm³/mol. The number of carbonyl (C=O) groups is 16. The molecule has 0 fully saturated rings. The molecule has 0 heterocycles. The maximum atomic E-state index is 13.3. The van der Waals surface area contributed by atoms with Crippen LogP contribution in [-0.2, 0) is 76.7 Å². The number of rotatable bonds is 26. The van der Waals surface area contributed by atoms with E-state index in [1.807, 2.05) is 0 Å². The summed E-state index contributed by atoms with van der Waals surface area (Å²) in [5, 5.41) is 0. The molecule has 0 aromatic heterocycles. The molecule has 0 unspecified atom stereocenters. The third-order valence-corrected chi connectivity index (χ3v) is 11.3.